The van der Waals surface area contributed by atoms with Gasteiger partial charge in [0.1, 0.15) is 12.4 Å². The highest BCUT2D eigenvalue weighted by Crippen LogP contribution is 2.20. The van der Waals surface area contributed by atoms with Crippen LogP contribution in [0.5, 0.6) is 5.75 Å². The molecule has 5 heteroatoms. The maximum absolute atomic E-state index is 12.1. The van der Waals surface area contributed by atoms with Gasteiger partial charge < -0.3 is 15.8 Å². The molecule has 0 heterocycles. The van der Waals surface area contributed by atoms with Crippen LogP contribution in [0.4, 0.5) is 0 Å². The third-order valence-electron chi connectivity index (χ3n) is 4.36. The molecule has 4 nitrogen and oxygen atoms in total. The van der Waals surface area contributed by atoms with E-state index in [-0.39, 0.29) is 24.2 Å². The van der Waals surface area contributed by atoms with E-state index in [1.807, 2.05) is 54.6 Å². The minimum atomic E-state index is -0.0559. The highest BCUT2D eigenvalue weighted by molar-refractivity contribution is 5.85. The first-order valence-electron chi connectivity index (χ1n) is 8.79. The Balaban J connectivity index is 0.00000338. The van der Waals surface area contributed by atoms with Gasteiger partial charge in [-0.3, -0.25) is 4.79 Å². The molecule has 0 aliphatic carbocycles. The molecule has 0 aliphatic heterocycles. The highest BCUT2D eigenvalue weighted by Gasteiger charge is 2.20. The van der Waals surface area contributed by atoms with Gasteiger partial charge in [-0.05, 0) is 48.6 Å². The molecule has 26 heavy (non-hydrogen) atoms. The summed E-state index contributed by atoms with van der Waals surface area (Å²) in [6.45, 7) is 3.23. The minimum Gasteiger partial charge on any atom is -0.489 e. The first-order chi connectivity index (χ1) is 12.1. The number of hydrogen-bond acceptors (Lipinski definition) is 3. The maximum atomic E-state index is 12.1. The number of halogens is 1. The summed E-state index contributed by atoms with van der Waals surface area (Å²) in [6.07, 6.45) is 1.51. The van der Waals surface area contributed by atoms with Crippen molar-refractivity contribution >= 4 is 18.3 Å². The summed E-state index contributed by atoms with van der Waals surface area (Å²) in [6, 6.07) is 18.1. The van der Waals surface area contributed by atoms with Crippen LogP contribution in [0.1, 0.15) is 24.5 Å². The standard InChI is InChI=1S/C21H28N2O2.ClH/c1-16(14-22)12-19(21(24)23-2)13-17-8-10-20(11-9-17)25-15-18-6-4-3-5-7-18;/h3-11,16,19H,12-15,22H2,1-2H3,(H,23,24);1H. The number of carbonyl (C=O) groups excluding carboxylic acids is 1. The Morgan fingerprint density at radius 2 is 1.73 bits per heavy atom. The molecule has 2 aromatic carbocycles. The Morgan fingerprint density at radius 3 is 2.31 bits per heavy atom. The van der Waals surface area contributed by atoms with Gasteiger partial charge in [-0.15, -0.1) is 12.4 Å². The summed E-state index contributed by atoms with van der Waals surface area (Å²) in [7, 11) is 1.68. The Morgan fingerprint density at radius 1 is 1.08 bits per heavy atom. The van der Waals surface area contributed by atoms with Crippen LogP contribution in [0.3, 0.4) is 0 Å². The summed E-state index contributed by atoms with van der Waals surface area (Å²) >= 11 is 0. The fraction of sp³-hybridized carbons (Fsp3) is 0.381. The molecule has 0 radical (unpaired) electrons. The van der Waals surface area contributed by atoms with Gasteiger partial charge in [0, 0.05) is 13.0 Å². The number of hydrogen-bond donors (Lipinski definition) is 2. The van der Waals surface area contributed by atoms with Gasteiger partial charge in [0.15, 0.2) is 0 Å². The van der Waals surface area contributed by atoms with Gasteiger partial charge >= 0.3 is 0 Å². The lowest BCUT2D eigenvalue weighted by molar-refractivity contribution is -0.125. The molecule has 2 unspecified atom stereocenters. The van der Waals surface area contributed by atoms with Crippen LogP contribution in [0, 0.1) is 11.8 Å². The molecule has 142 valence electrons. The monoisotopic (exact) mass is 376 g/mol. The molecule has 3 N–H and O–H groups in total. The number of benzene rings is 2. The molecule has 0 spiro atoms. The predicted molar refractivity (Wildman–Crippen MR) is 109 cm³/mol. The van der Waals surface area contributed by atoms with E-state index in [1.165, 1.54) is 0 Å². The van der Waals surface area contributed by atoms with Crippen molar-refractivity contribution in [2.75, 3.05) is 13.6 Å². The largest absolute Gasteiger partial charge is 0.489 e. The zero-order chi connectivity index (χ0) is 18.1. The van der Waals surface area contributed by atoms with Crippen LogP contribution >= 0.6 is 12.4 Å². The van der Waals surface area contributed by atoms with Crippen molar-refractivity contribution in [2.24, 2.45) is 17.6 Å². The molecule has 0 fully saturated rings. The number of nitrogens with one attached hydrogen (secondary N) is 1. The van der Waals surface area contributed by atoms with E-state index in [4.69, 9.17) is 10.5 Å². The normalized spacial score (nSPS) is 12.6. The zero-order valence-corrected chi connectivity index (χ0v) is 16.3. The van der Waals surface area contributed by atoms with Gasteiger partial charge in [-0.1, -0.05) is 49.4 Å². The van der Waals surface area contributed by atoms with Crippen LogP contribution in [-0.2, 0) is 17.8 Å². The number of ether oxygens (including phenoxy) is 1. The molecule has 0 aliphatic rings. The minimum absolute atomic E-state index is 0. The smallest absolute Gasteiger partial charge is 0.223 e. The lowest BCUT2D eigenvalue weighted by atomic mass is 9.89. The third-order valence-corrected chi connectivity index (χ3v) is 4.36. The molecular weight excluding hydrogens is 348 g/mol. The maximum Gasteiger partial charge on any atom is 0.223 e. The van der Waals surface area contributed by atoms with Crippen molar-refractivity contribution < 1.29 is 9.53 Å². The van der Waals surface area contributed by atoms with Crippen molar-refractivity contribution in [3.63, 3.8) is 0 Å². The fourth-order valence-corrected chi connectivity index (χ4v) is 2.82. The summed E-state index contributed by atoms with van der Waals surface area (Å²) in [5.41, 5.74) is 7.98. The molecule has 1 amide bonds. The molecule has 0 saturated heterocycles. The first kappa shape index (κ1) is 22.0. The lowest BCUT2D eigenvalue weighted by Gasteiger charge is -2.19. The van der Waals surface area contributed by atoms with Gasteiger partial charge in [0.05, 0.1) is 0 Å². The number of amides is 1. The Kier molecular flexibility index (Phi) is 9.78. The van der Waals surface area contributed by atoms with Crippen LogP contribution in [0.25, 0.3) is 0 Å². The van der Waals surface area contributed by atoms with Crippen LogP contribution in [-0.4, -0.2) is 19.5 Å². The van der Waals surface area contributed by atoms with Crippen molar-refractivity contribution in [1.29, 1.82) is 0 Å². The molecular formula is C21H29ClN2O2. The second-order valence-corrected chi connectivity index (χ2v) is 6.51. The molecule has 2 rings (SSSR count). The summed E-state index contributed by atoms with van der Waals surface area (Å²) < 4.78 is 5.81. The van der Waals surface area contributed by atoms with Crippen molar-refractivity contribution in [3.8, 4) is 5.75 Å². The van der Waals surface area contributed by atoms with E-state index in [0.717, 1.165) is 23.3 Å². The summed E-state index contributed by atoms with van der Waals surface area (Å²) in [5.74, 6) is 1.18. The van der Waals surface area contributed by atoms with Crippen LogP contribution < -0.4 is 15.8 Å². The Bertz CT molecular complexity index is 647. The predicted octanol–water partition coefficient (Wildman–Crippen LogP) is 3.58. The Hall–Kier alpha value is -2.04. The van der Waals surface area contributed by atoms with Crippen LogP contribution in [0.2, 0.25) is 0 Å². The molecule has 0 saturated carbocycles. The first-order valence-corrected chi connectivity index (χ1v) is 8.79. The van der Waals surface area contributed by atoms with E-state index in [1.54, 1.807) is 7.05 Å². The van der Waals surface area contributed by atoms with Crippen molar-refractivity contribution in [2.45, 2.75) is 26.4 Å². The van der Waals surface area contributed by atoms with Gasteiger partial charge in [0.25, 0.3) is 0 Å². The second-order valence-electron chi connectivity index (χ2n) is 6.51. The lowest BCUT2D eigenvalue weighted by Crippen LogP contribution is -2.31. The van der Waals surface area contributed by atoms with Crippen LogP contribution in [0.15, 0.2) is 54.6 Å². The van der Waals surface area contributed by atoms with E-state index in [2.05, 4.69) is 12.2 Å². The van der Waals surface area contributed by atoms with Gasteiger partial charge in [0.2, 0.25) is 5.91 Å². The second kappa shape index (κ2) is 11.6. The molecule has 0 bridgehead atoms. The van der Waals surface area contributed by atoms with Gasteiger partial charge in [-0.25, -0.2) is 0 Å². The van der Waals surface area contributed by atoms with E-state index < -0.39 is 0 Å². The molecule has 0 aromatic heterocycles. The fourth-order valence-electron chi connectivity index (χ4n) is 2.82. The molecule has 2 atom stereocenters. The zero-order valence-electron chi connectivity index (χ0n) is 15.5. The summed E-state index contributed by atoms with van der Waals surface area (Å²) in [5, 5.41) is 2.76. The number of nitrogens with two attached hydrogens (primary N) is 1. The van der Waals surface area contributed by atoms with E-state index >= 15 is 0 Å². The van der Waals surface area contributed by atoms with Gasteiger partial charge in [-0.2, -0.15) is 0 Å². The number of rotatable bonds is 9. The Labute approximate surface area is 162 Å². The molecule has 2 aromatic rings. The SMILES string of the molecule is CNC(=O)C(Cc1ccc(OCc2ccccc2)cc1)CC(C)CN.Cl. The summed E-state index contributed by atoms with van der Waals surface area (Å²) in [4.78, 5) is 12.1. The average molecular weight is 377 g/mol. The van der Waals surface area contributed by atoms with Crippen molar-refractivity contribution in [3.05, 3.63) is 65.7 Å². The van der Waals surface area contributed by atoms with E-state index in [0.29, 0.717) is 25.5 Å². The average Bonchev–Trinajstić information content (AvgIpc) is 2.66. The van der Waals surface area contributed by atoms with E-state index in [9.17, 15) is 4.79 Å². The topological polar surface area (TPSA) is 64.3 Å². The highest BCUT2D eigenvalue weighted by atomic mass is 35.5. The quantitative estimate of drug-likeness (QED) is 0.703. The third kappa shape index (κ3) is 7.06. The number of carbonyl (C=O) groups is 1. The van der Waals surface area contributed by atoms with Crippen molar-refractivity contribution in [1.82, 2.24) is 5.32 Å².